The summed E-state index contributed by atoms with van der Waals surface area (Å²) in [5.41, 5.74) is 0.100. The molecule has 0 heterocycles. The maximum Gasteiger partial charge on any atom is 0.311 e. The maximum atomic E-state index is 10.7. The summed E-state index contributed by atoms with van der Waals surface area (Å²) in [6, 6.07) is 11.0. The molecule has 102 valence electrons. The lowest BCUT2D eigenvalue weighted by molar-refractivity contribution is -0.386. The first-order valence-electron chi connectivity index (χ1n) is 5.70. The van der Waals surface area contributed by atoms with Gasteiger partial charge in [-0.3, -0.25) is 10.1 Å². The zero-order valence-electron chi connectivity index (χ0n) is 10.3. The van der Waals surface area contributed by atoms with Gasteiger partial charge in [-0.2, -0.15) is 10.2 Å². The van der Waals surface area contributed by atoms with Crippen molar-refractivity contribution in [3.05, 3.63) is 58.1 Å². The molecule has 20 heavy (non-hydrogen) atoms. The van der Waals surface area contributed by atoms with Crippen LogP contribution in [-0.4, -0.2) is 15.1 Å². The van der Waals surface area contributed by atoms with E-state index in [0.717, 1.165) is 12.1 Å². The van der Waals surface area contributed by atoms with E-state index in [4.69, 9.17) is 0 Å². The Kier molecular flexibility index (Phi) is 3.90. The van der Waals surface area contributed by atoms with Crippen molar-refractivity contribution in [3.63, 3.8) is 0 Å². The van der Waals surface area contributed by atoms with Crippen LogP contribution in [0.3, 0.4) is 0 Å². The Balaban J connectivity index is 2.23. The van der Waals surface area contributed by atoms with E-state index in [1.807, 2.05) is 6.07 Å². The minimum absolute atomic E-state index is 0.0288. The summed E-state index contributed by atoms with van der Waals surface area (Å²) in [5.74, 6) is -0.859. The molecule has 0 atom stereocenters. The van der Waals surface area contributed by atoms with Crippen molar-refractivity contribution < 1.29 is 15.1 Å². The van der Waals surface area contributed by atoms with Crippen LogP contribution in [0, 0.1) is 10.1 Å². The number of hydrogen-bond donors (Lipinski definition) is 2. The number of benzene rings is 2. The van der Waals surface area contributed by atoms with Crippen LogP contribution >= 0.6 is 0 Å². The van der Waals surface area contributed by atoms with Gasteiger partial charge in [0.2, 0.25) is 5.75 Å². The van der Waals surface area contributed by atoms with E-state index >= 15 is 0 Å². The third-order valence-corrected chi connectivity index (χ3v) is 2.60. The summed E-state index contributed by atoms with van der Waals surface area (Å²) in [7, 11) is 0. The zero-order chi connectivity index (χ0) is 14.5. The molecule has 0 aliphatic carbocycles. The highest BCUT2D eigenvalue weighted by Crippen LogP contribution is 2.36. The van der Waals surface area contributed by atoms with Gasteiger partial charge in [0.25, 0.3) is 0 Å². The van der Waals surface area contributed by atoms with E-state index in [2.05, 4.69) is 10.2 Å². The molecule has 0 aliphatic rings. The van der Waals surface area contributed by atoms with Crippen LogP contribution in [0.1, 0.15) is 5.56 Å². The van der Waals surface area contributed by atoms with Crippen molar-refractivity contribution in [1.29, 1.82) is 0 Å². The van der Waals surface area contributed by atoms with Crippen LogP contribution in [0.5, 0.6) is 11.5 Å². The molecule has 0 spiro atoms. The minimum Gasteiger partial charge on any atom is -0.507 e. The number of phenolic OH excluding ortho intramolecular Hbond substituents is 2. The number of aromatic hydroxyl groups is 2. The van der Waals surface area contributed by atoms with Crippen molar-refractivity contribution in [2.75, 3.05) is 0 Å². The van der Waals surface area contributed by atoms with Crippen LogP contribution in [0.4, 0.5) is 11.4 Å². The van der Waals surface area contributed by atoms with Gasteiger partial charge in [-0.25, -0.2) is 0 Å². The van der Waals surface area contributed by atoms with Gasteiger partial charge in [0.05, 0.1) is 22.7 Å². The van der Waals surface area contributed by atoms with E-state index in [1.165, 1.54) is 0 Å². The zero-order valence-corrected chi connectivity index (χ0v) is 10.3. The van der Waals surface area contributed by atoms with E-state index in [9.17, 15) is 20.3 Å². The molecule has 0 radical (unpaired) electrons. The van der Waals surface area contributed by atoms with Crippen molar-refractivity contribution in [2.45, 2.75) is 6.54 Å². The molecule has 0 saturated carbocycles. The molecular formula is C13H11N3O4. The predicted octanol–water partition coefficient (Wildman–Crippen LogP) is 3.29. The molecular weight excluding hydrogens is 262 g/mol. The first kappa shape index (κ1) is 13.5. The highest BCUT2D eigenvalue weighted by Gasteiger charge is 2.19. The maximum absolute atomic E-state index is 10.7. The molecule has 2 N–H and O–H groups in total. The number of phenols is 2. The van der Waals surface area contributed by atoms with Crippen molar-refractivity contribution in [3.8, 4) is 11.5 Å². The van der Waals surface area contributed by atoms with Crippen molar-refractivity contribution in [2.24, 2.45) is 10.2 Å². The Hall–Kier alpha value is -2.96. The van der Waals surface area contributed by atoms with Gasteiger partial charge >= 0.3 is 5.69 Å². The summed E-state index contributed by atoms with van der Waals surface area (Å²) in [6.07, 6.45) is 0. The fraction of sp³-hybridized carbons (Fsp3) is 0.0769. The van der Waals surface area contributed by atoms with Crippen LogP contribution in [-0.2, 0) is 6.54 Å². The molecule has 0 saturated heterocycles. The molecule has 0 aromatic heterocycles. The number of azo groups is 1. The lowest BCUT2D eigenvalue weighted by Crippen LogP contribution is -1.92. The largest absolute Gasteiger partial charge is 0.507 e. The second-order valence-electron chi connectivity index (χ2n) is 3.92. The Bertz CT molecular complexity index is 656. The first-order chi connectivity index (χ1) is 9.59. The standard InChI is InChI=1S/C13H11N3O4/c17-12-7-6-11(16(19)20)13(18)10(12)8-14-15-9-4-2-1-3-5-9/h1-7,17-18H,8H2. The van der Waals surface area contributed by atoms with Gasteiger partial charge in [0.1, 0.15) is 5.75 Å². The fourth-order valence-corrected chi connectivity index (χ4v) is 1.60. The summed E-state index contributed by atoms with van der Waals surface area (Å²) in [6.45, 7) is -0.158. The number of nitrogens with zero attached hydrogens (tertiary/aromatic N) is 3. The Labute approximate surface area is 114 Å². The molecule has 7 heteroatoms. The Morgan fingerprint density at radius 2 is 1.80 bits per heavy atom. The number of nitro benzene ring substituents is 1. The molecule has 2 aromatic carbocycles. The van der Waals surface area contributed by atoms with Crippen LogP contribution in [0.25, 0.3) is 0 Å². The van der Waals surface area contributed by atoms with Gasteiger partial charge in [-0.05, 0) is 18.2 Å². The van der Waals surface area contributed by atoms with Gasteiger partial charge in [0.15, 0.2) is 0 Å². The predicted molar refractivity (Wildman–Crippen MR) is 71.1 cm³/mol. The topological polar surface area (TPSA) is 108 Å². The summed E-state index contributed by atoms with van der Waals surface area (Å²) >= 11 is 0. The summed E-state index contributed by atoms with van der Waals surface area (Å²) in [5, 5.41) is 37.7. The lowest BCUT2D eigenvalue weighted by Gasteiger charge is -2.04. The highest BCUT2D eigenvalue weighted by molar-refractivity contribution is 5.56. The SMILES string of the molecule is O=[N+]([O-])c1ccc(O)c(CN=Nc2ccccc2)c1O. The van der Waals surface area contributed by atoms with E-state index in [-0.39, 0.29) is 17.9 Å². The minimum atomic E-state index is -0.730. The number of rotatable bonds is 4. The summed E-state index contributed by atoms with van der Waals surface area (Å²) < 4.78 is 0. The number of nitro groups is 1. The third-order valence-electron chi connectivity index (χ3n) is 2.60. The number of hydrogen-bond acceptors (Lipinski definition) is 6. The van der Waals surface area contributed by atoms with Crippen LogP contribution in [0.2, 0.25) is 0 Å². The third kappa shape index (κ3) is 2.89. The fourth-order valence-electron chi connectivity index (χ4n) is 1.60. The highest BCUT2D eigenvalue weighted by atomic mass is 16.6. The molecule has 0 fully saturated rings. The van der Waals surface area contributed by atoms with Crippen LogP contribution in [0.15, 0.2) is 52.7 Å². The molecule has 2 aromatic rings. The monoisotopic (exact) mass is 273 g/mol. The van der Waals surface area contributed by atoms with E-state index in [1.54, 1.807) is 24.3 Å². The molecule has 0 aliphatic heterocycles. The average molecular weight is 273 g/mol. The van der Waals surface area contributed by atoms with E-state index in [0.29, 0.717) is 5.69 Å². The molecule has 7 nitrogen and oxygen atoms in total. The normalized spacial score (nSPS) is 10.8. The van der Waals surface area contributed by atoms with Gasteiger partial charge < -0.3 is 10.2 Å². The lowest BCUT2D eigenvalue weighted by atomic mass is 10.1. The second kappa shape index (κ2) is 5.79. The first-order valence-corrected chi connectivity index (χ1v) is 5.70. The molecule has 0 unspecified atom stereocenters. The second-order valence-corrected chi connectivity index (χ2v) is 3.92. The van der Waals surface area contributed by atoms with E-state index < -0.39 is 16.4 Å². The van der Waals surface area contributed by atoms with Crippen molar-refractivity contribution in [1.82, 2.24) is 0 Å². The summed E-state index contributed by atoms with van der Waals surface area (Å²) in [4.78, 5) is 9.96. The Morgan fingerprint density at radius 3 is 2.45 bits per heavy atom. The molecule has 0 bridgehead atoms. The molecule has 2 rings (SSSR count). The Morgan fingerprint density at radius 1 is 1.10 bits per heavy atom. The average Bonchev–Trinajstić information content (AvgIpc) is 2.43. The van der Waals surface area contributed by atoms with Gasteiger partial charge in [-0.15, -0.1) is 0 Å². The quantitative estimate of drug-likeness (QED) is 0.506. The van der Waals surface area contributed by atoms with Crippen molar-refractivity contribution >= 4 is 11.4 Å². The molecule has 0 amide bonds. The van der Waals surface area contributed by atoms with Crippen LogP contribution < -0.4 is 0 Å². The van der Waals surface area contributed by atoms with Gasteiger partial charge in [0, 0.05) is 6.07 Å². The smallest absolute Gasteiger partial charge is 0.311 e. The van der Waals surface area contributed by atoms with Gasteiger partial charge in [-0.1, -0.05) is 18.2 Å².